The summed E-state index contributed by atoms with van der Waals surface area (Å²) in [4.78, 5) is 33.5. The van der Waals surface area contributed by atoms with Crippen molar-refractivity contribution in [1.29, 1.82) is 0 Å². The first kappa shape index (κ1) is 21.1. The number of nitrogen functional groups attached to an aromatic ring is 1. The first-order chi connectivity index (χ1) is 14.9. The fourth-order valence-corrected chi connectivity index (χ4v) is 4.78. The van der Waals surface area contributed by atoms with E-state index in [1.54, 1.807) is 18.2 Å². The zero-order valence-corrected chi connectivity index (χ0v) is 17.1. The third kappa shape index (κ3) is 3.72. The highest BCUT2D eigenvalue weighted by Gasteiger charge is 2.54. The van der Waals surface area contributed by atoms with Crippen LogP contribution in [0, 0.1) is 5.82 Å². The summed E-state index contributed by atoms with van der Waals surface area (Å²) < 4.78 is 14.9. The molecule has 1 aromatic heterocycles. The lowest BCUT2D eigenvalue weighted by atomic mass is 9.93. The zero-order valence-electron chi connectivity index (χ0n) is 17.1. The van der Waals surface area contributed by atoms with E-state index in [4.69, 9.17) is 5.73 Å². The molecule has 1 aromatic carbocycles. The van der Waals surface area contributed by atoms with Crippen molar-refractivity contribution in [3.8, 4) is 0 Å². The van der Waals surface area contributed by atoms with Gasteiger partial charge in [0, 0.05) is 25.1 Å². The third-order valence-corrected chi connectivity index (χ3v) is 6.25. The van der Waals surface area contributed by atoms with E-state index in [1.165, 1.54) is 12.4 Å². The summed E-state index contributed by atoms with van der Waals surface area (Å²) in [5.74, 6) is -2.39. The number of rotatable bonds is 5. The molecule has 9 nitrogen and oxygen atoms in total. The van der Waals surface area contributed by atoms with Gasteiger partial charge in [0.25, 0.3) is 5.82 Å². The molecular weight excluding hydrogens is 403 g/mol. The fraction of sp³-hybridized carbons (Fsp3) is 0.429. The number of carboxylic acids is 1. The fourth-order valence-electron chi connectivity index (χ4n) is 4.78. The Morgan fingerprint density at radius 1 is 1.26 bits per heavy atom. The van der Waals surface area contributed by atoms with Gasteiger partial charge in [0.15, 0.2) is 5.82 Å². The molecule has 3 atom stereocenters. The number of nitrogens with one attached hydrogen (secondary N) is 2. The van der Waals surface area contributed by atoms with E-state index in [0.717, 1.165) is 19.4 Å². The van der Waals surface area contributed by atoms with Crippen LogP contribution < -0.4 is 20.9 Å². The lowest BCUT2D eigenvalue weighted by Crippen LogP contribution is -2.71. The molecule has 2 aliphatic rings. The lowest BCUT2D eigenvalue weighted by Gasteiger charge is -2.46. The molecule has 4 rings (SSSR count). The Kier molecular flexibility index (Phi) is 5.84. The molecule has 5 N–H and O–H groups in total. The van der Waals surface area contributed by atoms with Gasteiger partial charge in [-0.05, 0) is 31.5 Å². The molecule has 2 fully saturated rings. The second-order valence-corrected chi connectivity index (χ2v) is 8.02. The highest BCUT2D eigenvalue weighted by Crippen LogP contribution is 2.37. The summed E-state index contributed by atoms with van der Waals surface area (Å²) in [5.41, 5.74) is 6.17. The van der Waals surface area contributed by atoms with Crippen LogP contribution in [0.5, 0.6) is 0 Å². The largest absolute Gasteiger partial charge is 0.478 e. The van der Waals surface area contributed by atoms with Crippen LogP contribution in [0.1, 0.15) is 36.0 Å². The van der Waals surface area contributed by atoms with Crippen molar-refractivity contribution in [3.05, 3.63) is 42.0 Å². The summed E-state index contributed by atoms with van der Waals surface area (Å²) >= 11 is 0. The predicted molar refractivity (Wildman–Crippen MR) is 114 cm³/mol. The molecule has 0 saturated carbocycles. The molecule has 0 aliphatic carbocycles. The number of piperidine rings is 2. The number of carbonyl (C=O) groups is 2. The van der Waals surface area contributed by atoms with Crippen LogP contribution in [-0.2, 0) is 4.79 Å². The number of carboxylic acid groups (broad SMARTS) is 1. The van der Waals surface area contributed by atoms with Crippen LogP contribution in [0.4, 0.5) is 21.7 Å². The van der Waals surface area contributed by atoms with Crippen molar-refractivity contribution in [1.82, 2.24) is 19.8 Å². The van der Waals surface area contributed by atoms with Gasteiger partial charge in [-0.25, -0.2) is 19.1 Å². The Morgan fingerprint density at radius 2 is 2.06 bits per heavy atom. The van der Waals surface area contributed by atoms with Crippen molar-refractivity contribution >= 4 is 29.2 Å². The van der Waals surface area contributed by atoms with E-state index in [9.17, 15) is 14.7 Å². The number of hydrogen-bond acceptors (Lipinski definition) is 7. The summed E-state index contributed by atoms with van der Waals surface area (Å²) in [6, 6.07) is 5.56. The Hall–Kier alpha value is -3.11. The standard InChI is InChI=1S/C21H25FN6O3/c22-17-18(23)25-12-26-19(17)28(13-5-3-9-24-11-13)10-4-8-16(20(28)29)27-15-7-2-1-6-14(15)21(30)31/h1-2,6-7,12-13,16,24,27H,3-5,8-11H2,(H2-,23,25,26,30,31)/p+1/t13-,16?,28?/m1/s1. The Labute approximate surface area is 179 Å². The van der Waals surface area contributed by atoms with Gasteiger partial charge in [0.05, 0.1) is 12.1 Å². The van der Waals surface area contributed by atoms with Gasteiger partial charge >= 0.3 is 11.9 Å². The molecule has 2 aliphatic heterocycles. The molecule has 1 amide bonds. The number of benzene rings is 1. The van der Waals surface area contributed by atoms with Crippen LogP contribution in [0.15, 0.2) is 30.6 Å². The second kappa shape index (κ2) is 8.56. The van der Waals surface area contributed by atoms with Crippen molar-refractivity contribution in [2.24, 2.45) is 0 Å². The van der Waals surface area contributed by atoms with E-state index in [1.807, 2.05) is 0 Å². The summed E-state index contributed by atoms with van der Waals surface area (Å²) in [6.07, 6.45) is 3.93. The maximum atomic E-state index is 15.1. The molecule has 2 aromatic rings. The minimum Gasteiger partial charge on any atom is -0.478 e. The van der Waals surface area contributed by atoms with Gasteiger partial charge in [-0.1, -0.05) is 12.1 Å². The summed E-state index contributed by atoms with van der Waals surface area (Å²) in [5, 5.41) is 15.9. The maximum absolute atomic E-state index is 15.1. The van der Waals surface area contributed by atoms with E-state index < -0.39 is 17.8 Å². The van der Waals surface area contributed by atoms with E-state index in [2.05, 4.69) is 20.6 Å². The van der Waals surface area contributed by atoms with Crippen LogP contribution in [0.2, 0.25) is 0 Å². The van der Waals surface area contributed by atoms with Gasteiger partial charge < -0.3 is 21.5 Å². The quantitative estimate of drug-likeness (QED) is 0.529. The van der Waals surface area contributed by atoms with E-state index in [0.29, 0.717) is 31.6 Å². The number of carbonyl (C=O) groups excluding carboxylic acids is 1. The van der Waals surface area contributed by atoms with Crippen LogP contribution in [-0.4, -0.2) is 58.7 Å². The van der Waals surface area contributed by atoms with Gasteiger partial charge in [-0.3, -0.25) is 0 Å². The normalized spacial score (nSPS) is 26.4. The van der Waals surface area contributed by atoms with Gasteiger partial charge in [0.2, 0.25) is 5.82 Å². The van der Waals surface area contributed by atoms with Crippen LogP contribution in [0.3, 0.4) is 0 Å². The second-order valence-electron chi connectivity index (χ2n) is 8.02. The van der Waals surface area contributed by atoms with E-state index in [-0.39, 0.29) is 33.6 Å². The van der Waals surface area contributed by atoms with Gasteiger partial charge in [0.1, 0.15) is 18.4 Å². The summed E-state index contributed by atoms with van der Waals surface area (Å²) in [6.45, 7) is 1.79. The average molecular weight is 429 g/mol. The monoisotopic (exact) mass is 429 g/mol. The maximum Gasteiger partial charge on any atom is 0.342 e. The number of anilines is 2. The number of para-hydroxylation sites is 1. The number of likely N-dealkylation sites (tertiary alicyclic amines) is 1. The number of hydrogen-bond donors (Lipinski definition) is 4. The zero-order chi connectivity index (χ0) is 22.0. The van der Waals surface area contributed by atoms with Gasteiger partial charge in [-0.2, -0.15) is 9.37 Å². The van der Waals surface area contributed by atoms with E-state index >= 15 is 4.39 Å². The number of amides is 1. The van der Waals surface area contributed by atoms with Gasteiger partial charge in [-0.15, -0.1) is 0 Å². The third-order valence-electron chi connectivity index (χ3n) is 6.25. The minimum atomic E-state index is -1.08. The Balaban J connectivity index is 1.76. The number of aromatic carboxylic acids is 1. The first-order valence-electron chi connectivity index (χ1n) is 10.4. The van der Waals surface area contributed by atoms with Crippen molar-refractivity contribution in [2.75, 3.05) is 30.7 Å². The molecule has 0 radical (unpaired) electrons. The smallest absolute Gasteiger partial charge is 0.342 e. The number of halogens is 1. The first-order valence-corrected chi connectivity index (χ1v) is 10.4. The van der Waals surface area contributed by atoms with Crippen molar-refractivity contribution in [2.45, 2.75) is 37.8 Å². The number of aromatic nitrogens is 2. The molecule has 31 heavy (non-hydrogen) atoms. The van der Waals surface area contributed by atoms with Crippen molar-refractivity contribution < 1.29 is 19.1 Å². The molecule has 0 bridgehead atoms. The summed E-state index contributed by atoms with van der Waals surface area (Å²) in [7, 11) is 0. The molecule has 3 heterocycles. The number of quaternary nitrogens is 1. The molecular formula is C21H26FN6O3+. The molecule has 10 heteroatoms. The topological polar surface area (TPSA) is 130 Å². The lowest BCUT2D eigenvalue weighted by molar-refractivity contribution is -0.136. The number of nitrogens with zero attached hydrogens (tertiary/aromatic N) is 3. The minimum absolute atomic E-state index is 0.00998. The Morgan fingerprint density at radius 3 is 2.81 bits per heavy atom. The highest BCUT2D eigenvalue weighted by atomic mass is 19.1. The highest BCUT2D eigenvalue weighted by molar-refractivity contribution is 5.98. The Bertz CT molecular complexity index is 997. The predicted octanol–water partition coefficient (Wildman–Crippen LogP) is 1.76. The van der Waals surface area contributed by atoms with Crippen LogP contribution >= 0.6 is 0 Å². The molecule has 2 unspecified atom stereocenters. The SMILES string of the molecule is Nc1ncnc([N+]2([C@@H]3CCCNC3)CCCC(Nc3ccccc3C(=O)O)C2=O)c1F. The number of nitrogens with two attached hydrogens (primary N) is 1. The van der Waals surface area contributed by atoms with Crippen LogP contribution in [0.25, 0.3) is 0 Å². The molecule has 2 saturated heterocycles. The average Bonchev–Trinajstić information content (AvgIpc) is 2.78. The van der Waals surface area contributed by atoms with Crippen molar-refractivity contribution in [3.63, 3.8) is 0 Å². The molecule has 0 spiro atoms. The molecule has 164 valence electrons.